The SMILES string of the molecule is CN1C(=O)COc2cc(-c3ccc(NC(=O)c4c(F)cccc4F)cc3)c(C3CC3)cc21. The summed E-state index contributed by atoms with van der Waals surface area (Å²) in [6.07, 6.45) is 2.18. The Morgan fingerprint density at radius 3 is 2.41 bits per heavy atom. The van der Waals surface area contributed by atoms with E-state index in [4.69, 9.17) is 4.74 Å². The number of hydrogen-bond donors (Lipinski definition) is 1. The fourth-order valence-corrected chi connectivity index (χ4v) is 3.96. The molecule has 32 heavy (non-hydrogen) atoms. The fraction of sp³-hybridized carbons (Fsp3) is 0.200. The Morgan fingerprint density at radius 2 is 1.75 bits per heavy atom. The lowest BCUT2D eigenvalue weighted by Crippen LogP contribution is -2.35. The number of carbonyl (C=O) groups excluding carboxylic acids is 2. The van der Waals surface area contributed by atoms with Gasteiger partial charge < -0.3 is 15.0 Å². The Morgan fingerprint density at radius 1 is 1.06 bits per heavy atom. The van der Waals surface area contributed by atoms with Crippen LogP contribution < -0.4 is 15.0 Å². The van der Waals surface area contributed by atoms with Crippen molar-refractivity contribution in [3.8, 4) is 16.9 Å². The van der Waals surface area contributed by atoms with Gasteiger partial charge in [0.25, 0.3) is 11.8 Å². The zero-order valence-electron chi connectivity index (χ0n) is 17.3. The second-order valence-electron chi connectivity index (χ2n) is 8.05. The largest absolute Gasteiger partial charge is 0.482 e. The topological polar surface area (TPSA) is 58.6 Å². The van der Waals surface area contributed by atoms with Gasteiger partial charge in [0.05, 0.1) is 5.69 Å². The first kappa shape index (κ1) is 20.2. The van der Waals surface area contributed by atoms with E-state index in [0.29, 0.717) is 17.4 Å². The molecule has 0 aromatic heterocycles. The van der Waals surface area contributed by atoms with Crippen LogP contribution in [0.15, 0.2) is 54.6 Å². The maximum Gasteiger partial charge on any atom is 0.264 e. The molecule has 7 heteroatoms. The van der Waals surface area contributed by atoms with Gasteiger partial charge in [-0.05, 0) is 71.8 Å². The van der Waals surface area contributed by atoms with Crippen molar-refractivity contribution in [2.75, 3.05) is 23.9 Å². The lowest BCUT2D eigenvalue weighted by atomic mass is 9.94. The highest BCUT2D eigenvalue weighted by atomic mass is 19.1. The monoisotopic (exact) mass is 434 g/mol. The Kier molecular flexibility index (Phi) is 4.89. The van der Waals surface area contributed by atoms with Crippen molar-refractivity contribution in [3.05, 3.63) is 77.4 Å². The van der Waals surface area contributed by atoms with Gasteiger partial charge in [0.1, 0.15) is 22.9 Å². The number of nitrogens with one attached hydrogen (secondary N) is 1. The van der Waals surface area contributed by atoms with Crippen LogP contribution in [0.1, 0.15) is 34.7 Å². The average molecular weight is 434 g/mol. The number of hydrogen-bond acceptors (Lipinski definition) is 3. The summed E-state index contributed by atoms with van der Waals surface area (Å²) in [6, 6.07) is 14.4. The van der Waals surface area contributed by atoms with Crippen LogP contribution in [0.2, 0.25) is 0 Å². The maximum atomic E-state index is 13.9. The summed E-state index contributed by atoms with van der Waals surface area (Å²) in [6.45, 7) is 0.00326. The third-order valence-electron chi connectivity index (χ3n) is 5.88. The number of likely N-dealkylation sites (N-methyl/N-ethyl adjacent to an activating group) is 1. The maximum absolute atomic E-state index is 13.9. The molecule has 2 aliphatic rings. The highest BCUT2D eigenvalue weighted by Gasteiger charge is 2.31. The van der Waals surface area contributed by atoms with Crippen LogP contribution in [0, 0.1) is 11.6 Å². The van der Waals surface area contributed by atoms with Crippen LogP contribution in [-0.2, 0) is 4.79 Å². The predicted octanol–water partition coefficient (Wildman–Crippen LogP) is 5.12. The van der Waals surface area contributed by atoms with E-state index in [-0.39, 0.29) is 12.5 Å². The molecule has 1 N–H and O–H groups in total. The van der Waals surface area contributed by atoms with Crippen molar-refractivity contribution in [3.63, 3.8) is 0 Å². The van der Waals surface area contributed by atoms with Crippen LogP contribution in [0.25, 0.3) is 11.1 Å². The molecule has 3 aromatic rings. The van der Waals surface area contributed by atoms with Gasteiger partial charge in [0.2, 0.25) is 0 Å². The standard InChI is InChI=1S/C25H20F2N2O3/c1-29-21-11-17(14-5-6-14)18(12-22(21)32-13-23(29)30)15-7-9-16(10-8-15)28-25(31)24-19(26)3-2-4-20(24)27/h2-4,7-12,14H,5-6,13H2,1H3,(H,28,31). The molecule has 0 atom stereocenters. The number of benzene rings is 3. The van der Waals surface area contributed by atoms with Crippen LogP contribution in [0.3, 0.4) is 0 Å². The summed E-state index contributed by atoms with van der Waals surface area (Å²) in [4.78, 5) is 26.0. The summed E-state index contributed by atoms with van der Waals surface area (Å²) < 4.78 is 33.4. The number of halogens is 2. The minimum atomic E-state index is -0.911. The van der Waals surface area contributed by atoms with E-state index in [1.54, 1.807) is 24.1 Å². The molecule has 2 amide bonds. The Balaban J connectivity index is 1.44. The van der Waals surface area contributed by atoms with E-state index < -0.39 is 23.1 Å². The Bertz CT molecular complexity index is 1220. The number of amides is 2. The van der Waals surface area contributed by atoms with E-state index in [9.17, 15) is 18.4 Å². The van der Waals surface area contributed by atoms with Gasteiger partial charge in [-0.25, -0.2) is 8.78 Å². The van der Waals surface area contributed by atoms with Crippen molar-refractivity contribution in [2.24, 2.45) is 0 Å². The van der Waals surface area contributed by atoms with E-state index in [2.05, 4.69) is 5.32 Å². The first-order valence-electron chi connectivity index (χ1n) is 10.4. The van der Waals surface area contributed by atoms with Gasteiger partial charge in [0, 0.05) is 12.7 Å². The molecule has 1 aliphatic heterocycles. The van der Waals surface area contributed by atoms with Crippen molar-refractivity contribution in [1.29, 1.82) is 0 Å². The smallest absolute Gasteiger partial charge is 0.264 e. The number of nitrogens with zero attached hydrogens (tertiary/aromatic N) is 1. The van der Waals surface area contributed by atoms with Gasteiger partial charge >= 0.3 is 0 Å². The first-order chi connectivity index (χ1) is 15.4. The second-order valence-corrected chi connectivity index (χ2v) is 8.05. The first-order valence-corrected chi connectivity index (χ1v) is 10.4. The fourth-order valence-electron chi connectivity index (χ4n) is 3.96. The zero-order valence-corrected chi connectivity index (χ0v) is 17.3. The molecule has 5 rings (SSSR count). The molecule has 1 saturated carbocycles. The molecule has 0 bridgehead atoms. The minimum absolute atomic E-state index is 0.00326. The molecule has 1 aliphatic carbocycles. The summed E-state index contributed by atoms with van der Waals surface area (Å²) >= 11 is 0. The quantitative estimate of drug-likeness (QED) is 0.620. The number of carbonyl (C=O) groups is 2. The van der Waals surface area contributed by atoms with E-state index in [0.717, 1.165) is 47.4 Å². The third kappa shape index (κ3) is 3.60. The normalized spacial score (nSPS) is 15.2. The van der Waals surface area contributed by atoms with E-state index in [1.807, 2.05) is 24.3 Å². The number of ether oxygens (including phenoxy) is 1. The summed E-state index contributed by atoms with van der Waals surface area (Å²) in [5.74, 6) is -1.67. The highest BCUT2D eigenvalue weighted by molar-refractivity contribution is 6.04. The summed E-state index contributed by atoms with van der Waals surface area (Å²) in [5, 5.41) is 2.54. The van der Waals surface area contributed by atoms with Crippen LogP contribution in [0.4, 0.5) is 20.2 Å². The molecule has 1 heterocycles. The van der Waals surface area contributed by atoms with Crippen molar-refractivity contribution in [2.45, 2.75) is 18.8 Å². The molecular weight excluding hydrogens is 414 g/mol. The van der Waals surface area contributed by atoms with Gasteiger partial charge in [-0.1, -0.05) is 18.2 Å². The molecule has 0 radical (unpaired) electrons. The average Bonchev–Trinajstić information content (AvgIpc) is 3.61. The second kappa shape index (κ2) is 7.75. The Hall–Kier alpha value is -3.74. The van der Waals surface area contributed by atoms with Crippen LogP contribution >= 0.6 is 0 Å². The lowest BCUT2D eigenvalue weighted by molar-refractivity contribution is -0.120. The molecule has 5 nitrogen and oxygen atoms in total. The van der Waals surface area contributed by atoms with Gasteiger partial charge in [-0.2, -0.15) is 0 Å². The number of rotatable bonds is 4. The molecule has 1 fully saturated rings. The predicted molar refractivity (Wildman–Crippen MR) is 117 cm³/mol. The minimum Gasteiger partial charge on any atom is -0.482 e. The molecule has 3 aromatic carbocycles. The third-order valence-corrected chi connectivity index (χ3v) is 5.88. The van der Waals surface area contributed by atoms with Gasteiger partial charge in [-0.3, -0.25) is 9.59 Å². The highest BCUT2D eigenvalue weighted by Crippen LogP contribution is 2.48. The Labute approximate surface area is 183 Å². The van der Waals surface area contributed by atoms with Gasteiger partial charge in [0.15, 0.2) is 6.61 Å². The number of anilines is 2. The number of fused-ring (bicyclic) bond motifs is 1. The molecular formula is C25H20F2N2O3. The van der Waals surface area contributed by atoms with Crippen molar-refractivity contribution < 1.29 is 23.1 Å². The molecule has 0 saturated heterocycles. The van der Waals surface area contributed by atoms with E-state index in [1.165, 1.54) is 6.07 Å². The van der Waals surface area contributed by atoms with Crippen molar-refractivity contribution >= 4 is 23.2 Å². The lowest BCUT2D eigenvalue weighted by Gasteiger charge is -2.27. The summed E-state index contributed by atoms with van der Waals surface area (Å²) in [5.41, 5.74) is 3.66. The zero-order chi connectivity index (χ0) is 22.4. The molecule has 0 spiro atoms. The van der Waals surface area contributed by atoms with Gasteiger partial charge in [-0.15, -0.1) is 0 Å². The van der Waals surface area contributed by atoms with Crippen molar-refractivity contribution in [1.82, 2.24) is 0 Å². The van der Waals surface area contributed by atoms with Crippen LogP contribution in [-0.4, -0.2) is 25.5 Å². The molecule has 0 unspecified atom stereocenters. The molecule has 162 valence electrons. The van der Waals surface area contributed by atoms with E-state index >= 15 is 0 Å². The van der Waals surface area contributed by atoms with Crippen LogP contribution in [0.5, 0.6) is 5.75 Å². The summed E-state index contributed by atoms with van der Waals surface area (Å²) in [7, 11) is 1.75.